The summed E-state index contributed by atoms with van der Waals surface area (Å²) in [5.74, 6) is 0.477. The average Bonchev–Trinajstić information content (AvgIpc) is 2.72. The number of ether oxygens (including phenoxy) is 1. The molecule has 18 heavy (non-hydrogen) atoms. The van der Waals surface area contributed by atoms with E-state index >= 15 is 0 Å². The molecule has 1 heterocycles. The van der Waals surface area contributed by atoms with E-state index < -0.39 is 0 Å². The molecule has 0 radical (unpaired) electrons. The van der Waals surface area contributed by atoms with Crippen LogP contribution in [0.4, 0.5) is 0 Å². The van der Waals surface area contributed by atoms with Crippen molar-refractivity contribution in [1.82, 2.24) is 4.90 Å². The van der Waals surface area contributed by atoms with Crippen LogP contribution in [-0.2, 0) is 9.53 Å². The summed E-state index contributed by atoms with van der Waals surface area (Å²) in [6, 6.07) is 0.0685. The third-order valence-corrected chi connectivity index (χ3v) is 3.21. The maximum atomic E-state index is 12.0. The minimum absolute atomic E-state index is 0.0119. The average molecular weight is 245 g/mol. The summed E-state index contributed by atoms with van der Waals surface area (Å²) in [6.45, 7) is 7.93. The minimum atomic E-state index is 0.0119. The molecule has 3 heteroatoms. The van der Waals surface area contributed by atoms with Crippen LogP contribution in [0.25, 0.3) is 0 Å². The molecule has 2 aliphatic rings. The highest BCUT2D eigenvalue weighted by Gasteiger charge is 2.33. The van der Waals surface area contributed by atoms with Crippen molar-refractivity contribution in [2.45, 2.75) is 31.7 Å². The maximum Gasteiger partial charge on any atom is 0.233 e. The van der Waals surface area contributed by atoms with Crippen LogP contribution in [0.2, 0.25) is 0 Å². The second kappa shape index (κ2) is 5.71. The lowest BCUT2D eigenvalue weighted by Crippen LogP contribution is -2.35. The summed E-state index contributed by atoms with van der Waals surface area (Å²) in [6.07, 6.45) is 11.5. The van der Waals surface area contributed by atoms with Crippen LogP contribution in [-0.4, -0.2) is 23.5 Å². The smallest absolute Gasteiger partial charge is 0.233 e. The Hall–Kier alpha value is -1.77. The summed E-state index contributed by atoms with van der Waals surface area (Å²) < 4.78 is 5.41. The van der Waals surface area contributed by atoms with Gasteiger partial charge in [-0.2, -0.15) is 0 Å². The first-order chi connectivity index (χ1) is 8.72. The molecule has 3 nitrogen and oxygen atoms in total. The second-order valence-corrected chi connectivity index (χ2v) is 4.58. The Balaban J connectivity index is 2.04. The van der Waals surface area contributed by atoms with E-state index in [4.69, 9.17) is 4.74 Å². The van der Waals surface area contributed by atoms with Gasteiger partial charge in [-0.15, -0.1) is 6.58 Å². The summed E-state index contributed by atoms with van der Waals surface area (Å²) in [7, 11) is 0. The fourth-order valence-corrected chi connectivity index (χ4v) is 2.35. The molecule has 0 bridgehead atoms. The SMILES string of the molecule is C=CCC(=O)N1C(=C)OC[C@H]1CC1=CCCC=C1. The van der Waals surface area contributed by atoms with E-state index in [1.165, 1.54) is 5.57 Å². The highest BCUT2D eigenvalue weighted by molar-refractivity contribution is 5.79. The molecule has 1 aliphatic heterocycles. The number of amides is 1. The zero-order valence-electron chi connectivity index (χ0n) is 10.6. The number of rotatable bonds is 4. The first kappa shape index (κ1) is 12.7. The second-order valence-electron chi connectivity index (χ2n) is 4.58. The Morgan fingerprint density at radius 2 is 2.39 bits per heavy atom. The number of hydrogen-bond donors (Lipinski definition) is 0. The van der Waals surface area contributed by atoms with E-state index in [-0.39, 0.29) is 11.9 Å². The van der Waals surface area contributed by atoms with Gasteiger partial charge in [-0.1, -0.05) is 29.9 Å². The van der Waals surface area contributed by atoms with E-state index in [0.717, 1.165) is 19.3 Å². The zero-order chi connectivity index (χ0) is 13.0. The molecule has 1 fully saturated rings. The van der Waals surface area contributed by atoms with Gasteiger partial charge < -0.3 is 4.74 Å². The Morgan fingerprint density at radius 1 is 1.56 bits per heavy atom. The third kappa shape index (κ3) is 2.73. The molecule has 0 saturated carbocycles. The van der Waals surface area contributed by atoms with Crippen LogP contribution < -0.4 is 0 Å². The Morgan fingerprint density at radius 3 is 3.06 bits per heavy atom. The van der Waals surface area contributed by atoms with E-state index in [2.05, 4.69) is 31.4 Å². The summed E-state index contributed by atoms with van der Waals surface area (Å²) in [5, 5.41) is 0. The topological polar surface area (TPSA) is 29.5 Å². The van der Waals surface area contributed by atoms with Gasteiger partial charge in [0.1, 0.15) is 6.61 Å². The highest BCUT2D eigenvalue weighted by atomic mass is 16.5. The molecule has 0 N–H and O–H groups in total. The minimum Gasteiger partial charge on any atom is -0.477 e. The van der Waals surface area contributed by atoms with Crippen molar-refractivity contribution in [3.05, 3.63) is 48.9 Å². The van der Waals surface area contributed by atoms with Gasteiger partial charge in [-0.25, -0.2) is 0 Å². The predicted octanol–water partition coefficient (Wildman–Crippen LogP) is 2.93. The van der Waals surface area contributed by atoms with Gasteiger partial charge in [0.25, 0.3) is 0 Å². The molecule has 0 aromatic heterocycles. The van der Waals surface area contributed by atoms with Crippen molar-refractivity contribution >= 4 is 5.91 Å². The summed E-state index contributed by atoms with van der Waals surface area (Å²) in [4.78, 5) is 13.7. The first-order valence-corrected chi connectivity index (χ1v) is 6.32. The van der Waals surface area contributed by atoms with Gasteiger partial charge >= 0.3 is 0 Å². The molecule has 0 spiro atoms. The molecular formula is C15H19NO2. The number of nitrogens with zero attached hydrogens (tertiary/aromatic N) is 1. The van der Waals surface area contributed by atoms with E-state index in [1.807, 2.05) is 0 Å². The van der Waals surface area contributed by atoms with E-state index in [1.54, 1.807) is 11.0 Å². The highest BCUT2D eigenvalue weighted by Crippen LogP contribution is 2.26. The van der Waals surface area contributed by atoms with Gasteiger partial charge in [0.2, 0.25) is 5.91 Å². The van der Waals surface area contributed by atoms with Gasteiger partial charge in [0, 0.05) is 6.42 Å². The van der Waals surface area contributed by atoms with Gasteiger partial charge in [0.05, 0.1) is 6.04 Å². The number of allylic oxidation sites excluding steroid dienone is 3. The van der Waals surface area contributed by atoms with Crippen LogP contribution >= 0.6 is 0 Å². The fourth-order valence-electron chi connectivity index (χ4n) is 2.35. The number of carbonyl (C=O) groups excluding carboxylic acids is 1. The number of hydrogen-bond acceptors (Lipinski definition) is 2. The molecule has 96 valence electrons. The summed E-state index contributed by atoms with van der Waals surface area (Å²) in [5.41, 5.74) is 1.28. The molecule has 1 saturated heterocycles. The lowest BCUT2D eigenvalue weighted by atomic mass is 10.00. The third-order valence-electron chi connectivity index (χ3n) is 3.21. The first-order valence-electron chi connectivity index (χ1n) is 6.32. The van der Waals surface area contributed by atoms with Crippen molar-refractivity contribution < 1.29 is 9.53 Å². The van der Waals surface area contributed by atoms with Crippen LogP contribution in [0.5, 0.6) is 0 Å². The molecule has 0 aromatic carbocycles. The standard InChI is InChI=1S/C15H19NO2/c1-3-7-15(17)16-12(2)18-11-14(16)10-13-8-5-4-6-9-13/h3,5,8-9,14H,1-2,4,6-7,10-11H2/t14-/m1/s1. The Kier molecular flexibility index (Phi) is 4.03. The summed E-state index contributed by atoms with van der Waals surface area (Å²) >= 11 is 0. The van der Waals surface area contributed by atoms with Crippen LogP contribution in [0.15, 0.2) is 48.9 Å². The van der Waals surface area contributed by atoms with E-state index in [0.29, 0.717) is 18.9 Å². The van der Waals surface area contributed by atoms with Crippen molar-refractivity contribution in [3.8, 4) is 0 Å². The molecule has 1 amide bonds. The largest absolute Gasteiger partial charge is 0.477 e. The van der Waals surface area contributed by atoms with Crippen LogP contribution in [0.3, 0.4) is 0 Å². The molecule has 1 atom stereocenters. The van der Waals surface area contributed by atoms with Gasteiger partial charge in [0.15, 0.2) is 5.88 Å². The molecular weight excluding hydrogens is 226 g/mol. The van der Waals surface area contributed by atoms with Crippen molar-refractivity contribution in [2.24, 2.45) is 0 Å². The molecule has 0 aromatic rings. The van der Waals surface area contributed by atoms with Crippen molar-refractivity contribution in [2.75, 3.05) is 6.61 Å². The van der Waals surface area contributed by atoms with Crippen LogP contribution in [0, 0.1) is 0 Å². The van der Waals surface area contributed by atoms with Gasteiger partial charge in [-0.05, 0) is 25.8 Å². The zero-order valence-corrected chi connectivity index (χ0v) is 10.6. The fraction of sp³-hybridized carbons (Fsp3) is 0.400. The quantitative estimate of drug-likeness (QED) is 0.713. The number of carbonyl (C=O) groups is 1. The lowest BCUT2D eigenvalue weighted by molar-refractivity contribution is -0.129. The molecule has 2 rings (SSSR count). The van der Waals surface area contributed by atoms with E-state index in [9.17, 15) is 4.79 Å². The monoisotopic (exact) mass is 245 g/mol. The molecule has 0 unspecified atom stereocenters. The Bertz CT molecular complexity index is 420. The van der Waals surface area contributed by atoms with Gasteiger partial charge in [-0.3, -0.25) is 9.69 Å². The maximum absolute atomic E-state index is 12.0. The normalized spacial score (nSPS) is 22.7. The van der Waals surface area contributed by atoms with Crippen molar-refractivity contribution in [1.29, 1.82) is 0 Å². The van der Waals surface area contributed by atoms with Crippen molar-refractivity contribution in [3.63, 3.8) is 0 Å². The molecule has 1 aliphatic carbocycles. The Labute approximate surface area is 108 Å². The lowest BCUT2D eigenvalue weighted by Gasteiger charge is -2.22. The predicted molar refractivity (Wildman–Crippen MR) is 71.6 cm³/mol. The van der Waals surface area contributed by atoms with Crippen LogP contribution in [0.1, 0.15) is 25.7 Å².